The SMILES string of the molecule is CCC(C)(CC(C)C(=O)OC(C)(C)C)C(=O)OC1CCOC1=O.CCCC(C)C1CCC2C3CCC4C[C@@H](OC(=O)C(C)CC)CC[C@]4(C)C3C[C@H](O)[C@]12C. The third-order valence-corrected chi connectivity index (χ3v) is 15.5. The molecule has 9 nitrogen and oxygen atoms in total. The number of carbonyl (C=O) groups is 4. The summed E-state index contributed by atoms with van der Waals surface area (Å²) in [5.74, 6) is 2.41. The first kappa shape index (κ1) is 45.5. The van der Waals surface area contributed by atoms with E-state index < -0.39 is 35.0 Å². The standard InChI is InChI=1S/C29H50O3.C17H28O6/c1-7-9-19(4)23-12-13-24-22-11-10-20-16-21(32-27(31)18(3)8-2)14-15-28(20,5)25(22)17-26(30)29(23,24)6;1-7-17(6,10-11(2)13(18)23-16(3,4)5)15(20)22-12-8-9-21-14(12)19/h18-26,30H,7-17H2,1-6H3;11-12H,7-10H2,1-6H3/t18?,19?,20?,21-,22?,23?,24?,25?,26-,28-,29+;/m0./s1. The molecule has 5 fully saturated rings. The highest BCUT2D eigenvalue weighted by Crippen LogP contribution is 2.68. The minimum atomic E-state index is -0.848. The van der Waals surface area contributed by atoms with E-state index >= 15 is 0 Å². The zero-order chi connectivity index (χ0) is 41.1. The number of hydrogen-bond donors (Lipinski definition) is 1. The van der Waals surface area contributed by atoms with Crippen molar-refractivity contribution in [3.05, 3.63) is 0 Å². The number of fused-ring (bicyclic) bond motifs is 5. The Bertz CT molecular complexity index is 1340. The number of esters is 4. The first-order valence-corrected chi connectivity index (χ1v) is 22.1. The Balaban J connectivity index is 0.000000260. The van der Waals surface area contributed by atoms with Crippen LogP contribution in [-0.4, -0.2) is 59.5 Å². The van der Waals surface area contributed by atoms with Crippen LogP contribution < -0.4 is 0 Å². The highest BCUT2D eigenvalue weighted by atomic mass is 16.6. The fraction of sp³-hybridized carbons (Fsp3) is 0.913. The normalized spacial score (nSPS) is 36.9. The van der Waals surface area contributed by atoms with Gasteiger partial charge in [-0.25, -0.2) is 4.79 Å². The molecule has 4 saturated carbocycles. The Kier molecular flexibility index (Phi) is 15.1. The lowest BCUT2D eigenvalue weighted by Gasteiger charge is -2.62. The van der Waals surface area contributed by atoms with Gasteiger partial charge in [0.2, 0.25) is 6.10 Å². The molecule has 0 aromatic rings. The summed E-state index contributed by atoms with van der Waals surface area (Å²) in [6, 6.07) is 0. The average Bonchev–Trinajstić information content (AvgIpc) is 3.70. The van der Waals surface area contributed by atoms with E-state index in [1.807, 2.05) is 13.8 Å². The van der Waals surface area contributed by atoms with Crippen LogP contribution >= 0.6 is 0 Å². The number of aliphatic hydroxyl groups excluding tert-OH is 1. The number of hydrogen-bond acceptors (Lipinski definition) is 9. The second-order valence-corrected chi connectivity index (χ2v) is 20.3. The monoisotopic (exact) mass is 775 g/mol. The molecule has 0 aromatic carbocycles. The Hall–Kier alpha value is -2.16. The molecule has 1 saturated heterocycles. The largest absolute Gasteiger partial charge is 0.463 e. The molecule has 55 heavy (non-hydrogen) atoms. The van der Waals surface area contributed by atoms with Crippen molar-refractivity contribution >= 4 is 23.9 Å². The zero-order valence-corrected chi connectivity index (χ0v) is 36.7. The van der Waals surface area contributed by atoms with Crippen LogP contribution in [0.2, 0.25) is 0 Å². The third-order valence-electron chi connectivity index (χ3n) is 15.5. The van der Waals surface area contributed by atoms with Crippen molar-refractivity contribution in [2.75, 3.05) is 6.61 Å². The van der Waals surface area contributed by atoms with Crippen LogP contribution in [0.15, 0.2) is 0 Å². The molecule has 4 aliphatic carbocycles. The summed E-state index contributed by atoms with van der Waals surface area (Å²) in [5.41, 5.74) is -0.999. The Morgan fingerprint density at radius 2 is 1.56 bits per heavy atom. The first-order valence-electron chi connectivity index (χ1n) is 22.1. The summed E-state index contributed by atoms with van der Waals surface area (Å²) in [7, 11) is 0. The average molecular weight is 775 g/mol. The van der Waals surface area contributed by atoms with Crippen molar-refractivity contribution in [1.82, 2.24) is 0 Å². The highest BCUT2D eigenvalue weighted by Gasteiger charge is 2.64. The predicted octanol–water partition coefficient (Wildman–Crippen LogP) is 9.64. The van der Waals surface area contributed by atoms with Crippen molar-refractivity contribution < 1.29 is 43.2 Å². The molecule has 5 aliphatic rings. The number of carbonyl (C=O) groups excluding carboxylic acids is 4. The molecule has 9 heteroatoms. The molecule has 5 rings (SSSR count). The van der Waals surface area contributed by atoms with Gasteiger partial charge in [-0.05, 0) is 145 Å². The molecule has 10 unspecified atom stereocenters. The summed E-state index contributed by atoms with van der Waals surface area (Å²) < 4.78 is 21.4. The van der Waals surface area contributed by atoms with Gasteiger partial charge in [-0.15, -0.1) is 0 Å². The molecule has 0 aromatic heterocycles. The van der Waals surface area contributed by atoms with Gasteiger partial charge in [0.15, 0.2) is 0 Å². The van der Waals surface area contributed by atoms with E-state index in [0.29, 0.717) is 48.3 Å². The first-order chi connectivity index (χ1) is 25.6. The summed E-state index contributed by atoms with van der Waals surface area (Å²) >= 11 is 0. The maximum Gasteiger partial charge on any atom is 0.347 e. The van der Waals surface area contributed by atoms with Crippen LogP contribution in [0.5, 0.6) is 0 Å². The number of rotatable bonds is 12. The topological polar surface area (TPSA) is 125 Å². The van der Waals surface area contributed by atoms with Crippen LogP contribution in [0.3, 0.4) is 0 Å². The zero-order valence-electron chi connectivity index (χ0n) is 36.7. The molecule has 316 valence electrons. The molecule has 1 N–H and O–H groups in total. The van der Waals surface area contributed by atoms with Crippen molar-refractivity contribution in [1.29, 1.82) is 0 Å². The Labute approximate surface area is 333 Å². The molecule has 1 aliphatic heterocycles. The van der Waals surface area contributed by atoms with E-state index in [-0.39, 0.29) is 42.1 Å². The lowest BCUT2D eigenvalue weighted by Crippen LogP contribution is -2.59. The summed E-state index contributed by atoms with van der Waals surface area (Å²) in [4.78, 5) is 48.4. The van der Waals surface area contributed by atoms with E-state index in [4.69, 9.17) is 18.9 Å². The Morgan fingerprint density at radius 3 is 2.15 bits per heavy atom. The fourth-order valence-corrected chi connectivity index (χ4v) is 11.7. The number of cyclic esters (lactones) is 1. The maximum atomic E-state index is 12.5. The van der Waals surface area contributed by atoms with Crippen LogP contribution in [-0.2, 0) is 38.1 Å². The molecule has 14 atom stereocenters. The van der Waals surface area contributed by atoms with Crippen molar-refractivity contribution in [3.63, 3.8) is 0 Å². The number of ether oxygens (including phenoxy) is 4. The fourth-order valence-electron chi connectivity index (χ4n) is 11.7. The van der Waals surface area contributed by atoms with E-state index in [0.717, 1.165) is 43.9 Å². The molecule has 0 bridgehead atoms. The predicted molar refractivity (Wildman–Crippen MR) is 213 cm³/mol. The van der Waals surface area contributed by atoms with E-state index in [2.05, 4.69) is 34.6 Å². The minimum Gasteiger partial charge on any atom is -0.463 e. The smallest absolute Gasteiger partial charge is 0.347 e. The van der Waals surface area contributed by atoms with Gasteiger partial charge in [-0.3, -0.25) is 14.4 Å². The van der Waals surface area contributed by atoms with Gasteiger partial charge in [0.25, 0.3) is 0 Å². The molecule has 0 radical (unpaired) electrons. The summed E-state index contributed by atoms with van der Waals surface area (Å²) in [5, 5.41) is 11.7. The second kappa shape index (κ2) is 18.2. The van der Waals surface area contributed by atoms with E-state index in [1.165, 1.54) is 38.5 Å². The van der Waals surface area contributed by atoms with Crippen molar-refractivity contribution in [2.24, 2.45) is 63.6 Å². The summed E-state index contributed by atoms with van der Waals surface area (Å²) in [6.07, 6.45) is 13.2. The van der Waals surface area contributed by atoms with Gasteiger partial charge in [0.05, 0.1) is 30.0 Å². The molecular formula is C46H78O9. The van der Waals surface area contributed by atoms with Crippen LogP contribution in [0.1, 0.15) is 173 Å². The maximum absolute atomic E-state index is 12.5. The van der Waals surface area contributed by atoms with Gasteiger partial charge < -0.3 is 24.1 Å². The molecule has 0 spiro atoms. The van der Waals surface area contributed by atoms with Crippen LogP contribution in [0.4, 0.5) is 0 Å². The van der Waals surface area contributed by atoms with Crippen molar-refractivity contribution in [3.8, 4) is 0 Å². The lowest BCUT2D eigenvalue weighted by molar-refractivity contribution is -0.183. The van der Waals surface area contributed by atoms with Crippen LogP contribution in [0.25, 0.3) is 0 Å². The van der Waals surface area contributed by atoms with Gasteiger partial charge in [-0.1, -0.05) is 68.2 Å². The van der Waals surface area contributed by atoms with Crippen molar-refractivity contribution in [2.45, 2.75) is 197 Å². The van der Waals surface area contributed by atoms with Gasteiger partial charge >= 0.3 is 23.9 Å². The minimum absolute atomic E-state index is 0.00293. The molecule has 1 heterocycles. The van der Waals surface area contributed by atoms with Gasteiger partial charge in [0, 0.05) is 6.42 Å². The molecule has 0 amide bonds. The number of aliphatic hydroxyl groups is 1. The van der Waals surface area contributed by atoms with E-state index in [1.54, 1.807) is 34.6 Å². The van der Waals surface area contributed by atoms with Crippen LogP contribution in [0, 0.1) is 63.6 Å². The third kappa shape index (κ3) is 9.94. The Morgan fingerprint density at radius 1 is 0.873 bits per heavy atom. The van der Waals surface area contributed by atoms with Gasteiger partial charge in [0.1, 0.15) is 11.7 Å². The second-order valence-electron chi connectivity index (χ2n) is 20.3. The van der Waals surface area contributed by atoms with Gasteiger partial charge in [-0.2, -0.15) is 0 Å². The lowest BCUT2D eigenvalue weighted by atomic mass is 9.43. The summed E-state index contributed by atoms with van der Waals surface area (Å²) in [6.45, 7) is 24.8. The molecular weight excluding hydrogens is 696 g/mol. The highest BCUT2D eigenvalue weighted by molar-refractivity contribution is 5.83. The van der Waals surface area contributed by atoms with E-state index in [9.17, 15) is 24.3 Å². The quantitative estimate of drug-likeness (QED) is 0.152.